The molecule has 2 heterocycles. The van der Waals surface area contributed by atoms with Gasteiger partial charge in [-0.2, -0.15) is 0 Å². The summed E-state index contributed by atoms with van der Waals surface area (Å²) in [6.07, 6.45) is 6.43. The van der Waals surface area contributed by atoms with Crippen molar-refractivity contribution >= 4 is 33.2 Å². The Labute approximate surface area is 259 Å². The highest BCUT2D eigenvalue weighted by Crippen LogP contribution is 2.47. The van der Waals surface area contributed by atoms with Gasteiger partial charge >= 0.3 is 0 Å². The third kappa shape index (κ3) is 5.92. The number of carbonyl (C=O) groups is 1. The van der Waals surface area contributed by atoms with E-state index < -0.39 is 27.3 Å². The molecule has 1 amide bonds. The van der Waals surface area contributed by atoms with E-state index in [2.05, 4.69) is 33.6 Å². The monoisotopic (exact) mass is 622 g/mol. The second-order valence-electron chi connectivity index (χ2n) is 12.7. The smallest absolute Gasteiger partial charge is 0.264 e. The van der Waals surface area contributed by atoms with Crippen molar-refractivity contribution in [1.29, 1.82) is 0 Å². The van der Waals surface area contributed by atoms with Gasteiger partial charge < -0.3 is 14.7 Å². The molecule has 1 saturated carbocycles. The highest BCUT2D eigenvalue weighted by atomic mass is 35.5. The first-order valence-electron chi connectivity index (χ1n) is 15.3. The number of aryl methyl sites for hydroxylation is 1. The number of fused-ring (bicyclic) bond motifs is 4. The summed E-state index contributed by atoms with van der Waals surface area (Å²) in [6, 6.07) is 11.4. The number of allylic oxidation sites excluding steroid dienone is 1. The Morgan fingerprint density at radius 2 is 1.98 bits per heavy atom. The number of sulfonamides is 1. The first-order valence-corrected chi connectivity index (χ1v) is 17.2. The average molecular weight is 623 g/mol. The van der Waals surface area contributed by atoms with E-state index in [4.69, 9.17) is 16.3 Å². The molecule has 2 aromatic rings. The number of aliphatic hydroxyl groups is 1. The van der Waals surface area contributed by atoms with Crippen molar-refractivity contribution in [2.45, 2.75) is 75.6 Å². The number of rotatable bonds is 0. The molecule has 0 radical (unpaired) electrons. The number of amides is 1. The van der Waals surface area contributed by atoms with Crippen LogP contribution in [0.25, 0.3) is 0 Å². The number of aliphatic hydroxyl groups excluding tert-OH is 1. The number of carbonyl (C=O) groups excluding carboxylic acids is 1. The Kier molecular flexibility index (Phi) is 8.27. The Morgan fingerprint density at radius 1 is 1.14 bits per heavy atom. The minimum atomic E-state index is -3.96. The zero-order valence-electron chi connectivity index (χ0n) is 24.7. The van der Waals surface area contributed by atoms with Gasteiger partial charge in [0.15, 0.2) is 0 Å². The maximum Gasteiger partial charge on any atom is 0.264 e. The van der Waals surface area contributed by atoms with Crippen LogP contribution < -0.4 is 14.4 Å². The molecule has 0 aromatic heterocycles. The number of anilines is 1. The molecule has 7 nitrogen and oxygen atoms in total. The molecule has 4 aliphatic rings. The standard InChI is InChI=1S/C34H39ClN2O5S/c1-3-5-23-17-28(38)11-7-22(2)43(40,41)36-33(39)25-9-14-32-31(18-25)37(19-26-8-12-29(23)26)20-34(21-42-32)15-4-6-24-16-27(35)10-13-30(24)34/h9-10,13-14,16-18,22,26,28-29,38H,4,6-8,11-12,15,19-21H2,1-2H3,(H,36,39)/b23-17+/t22-,26+,28-,29-,34+/m1/s1. The maximum absolute atomic E-state index is 13.3. The largest absolute Gasteiger partial charge is 0.490 e. The zero-order valence-corrected chi connectivity index (χ0v) is 26.3. The fourth-order valence-corrected chi connectivity index (χ4v) is 8.50. The molecule has 0 saturated heterocycles. The average Bonchev–Trinajstić information content (AvgIpc) is 3.10. The summed E-state index contributed by atoms with van der Waals surface area (Å²) >= 11 is 6.40. The third-order valence-electron chi connectivity index (χ3n) is 9.85. The van der Waals surface area contributed by atoms with Gasteiger partial charge in [-0.25, -0.2) is 13.1 Å². The van der Waals surface area contributed by atoms with Crippen molar-refractivity contribution in [3.05, 3.63) is 69.8 Å². The lowest BCUT2D eigenvalue weighted by Gasteiger charge is -2.44. The SMILES string of the molecule is CC#C/C1=C\[C@H](O)CC[C@@H](C)S(=O)(=O)NC(=O)c2ccc3c(c2)N(C[C@@H]2CC[C@H]12)C[C@@]1(CCCc2cc(Cl)ccc21)CO3. The molecular formula is C34H39ClN2O5S. The summed E-state index contributed by atoms with van der Waals surface area (Å²) in [4.78, 5) is 15.6. The fourth-order valence-electron chi connectivity index (χ4n) is 7.28. The van der Waals surface area contributed by atoms with E-state index in [0.717, 1.165) is 54.9 Å². The van der Waals surface area contributed by atoms with E-state index in [1.54, 1.807) is 32.0 Å². The number of hydrogen-bond acceptors (Lipinski definition) is 6. The molecule has 228 valence electrons. The van der Waals surface area contributed by atoms with Crippen LogP contribution in [-0.2, 0) is 21.9 Å². The van der Waals surface area contributed by atoms with Crippen LogP contribution in [0.3, 0.4) is 0 Å². The normalized spacial score (nSPS) is 31.4. The van der Waals surface area contributed by atoms with Gasteiger partial charge in [0.05, 0.1) is 23.6 Å². The van der Waals surface area contributed by atoms with Crippen LogP contribution >= 0.6 is 11.6 Å². The summed E-state index contributed by atoms with van der Waals surface area (Å²) in [5.41, 5.74) is 4.23. The number of halogens is 1. The van der Waals surface area contributed by atoms with Gasteiger partial charge in [-0.05, 0) is 118 Å². The highest BCUT2D eigenvalue weighted by molar-refractivity contribution is 7.90. The van der Waals surface area contributed by atoms with E-state index >= 15 is 0 Å². The molecule has 0 unspecified atom stereocenters. The van der Waals surface area contributed by atoms with Crippen LogP contribution in [0.1, 0.15) is 73.9 Å². The van der Waals surface area contributed by atoms with E-state index in [1.807, 2.05) is 12.1 Å². The van der Waals surface area contributed by atoms with Crippen LogP contribution in [-0.4, -0.2) is 50.5 Å². The molecule has 9 heteroatoms. The number of ether oxygens (including phenoxy) is 1. The van der Waals surface area contributed by atoms with Gasteiger partial charge in [0.2, 0.25) is 10.0 Å². The van der Waals surface area contributed by atoms with Crippen molar-refractivity contribution in [2.75, 3.05) is 24.6 Å². The Bertz CT molecular complexity index is 1630. The van der Waals surface area contributed by atoms with E-state index in [-0.39, 0.29) is 29.7 Å². The van der Waals surface area contributed by atoms with Crippen LogP contribution in [0.4, 0.5) is 5.69 Å². The van der Waals surface area contributed by atoms with Gasteiger partial charge in [-0.1, -0.05) is 23.6 Å². The summed E-state index contributed by atoms with van der Waals surface area (Å²) in [6.45, 7) is 5.28. The Hall–Kier alpha value is -2.99. The van der Waals surface area contributed by atoms with Crippen molar-refractivity contribution in [3.63, 3.8) is 0 Å². The van der Waals surface area contributed by atoms with Crippen LogP contribution in [0.5, 0.6) is 5.75 Å². The minimum Gasteiger partial charge on any atom is -0.490 e. The zero-order chi connectivity index (χ0) is 30.4. The van der Waals surface area contributed by atoms with Gasteiger partial charge in [0.1, 0.15) is 5.75 Å². The quantitative estimate of drug-likeness (QED) is 0.383. The van der Waals surface area contributed by atoms with E-state index in [0.29, 0.717) is 24.8 Å². The van der Waals surface area contributed by atoms with Crippen molar-refractivity contribution < 1.29 is 23.1 Å². The minimum absolute atomic E-state index is 0.198. The van der Waals surface area contributed by atoms with Crippen molar-refractivity contribution in [3.8, 4) is 17.6 Å². The van der Waals surface area contributed by atoms with Crippen LogP contribution in [0, 0.1) is 23.7 Å². The Balaban J connectivity index is 1.45. The van der Waals surface area contributed by atoms with Crippen LogP contribution in [0.2, 0.25) is 5.02 Å². The number of nitrogens with zero attached hydrogens (tertiary/aromatic N) is 1. The molecule has 2 aromatic carbocycles. The molecule has 43 heavy (non-hydrogen) atoms. The predicted molar refractivity (Wildman–Crippen MR) is 169 cm³/mol. The lowest BCUT2D eigenvalue weighted by atomic mass is 9.68. The second kappa shape index (κ2) is 11.8. The number of benzene rings is 2. The maximum atomic E-state index is 13.3. The lowest BCUT2D eigenvalue weighted by Crippen LogP contribution is -2.48. The fraction of sp³-hybridized carbons (Fsp3) is 0.500. The van der Waals surface area contributed by atoms with E-state index in [1.165, 1.54) is 11.1 Å². The van der Waals surface area contributed by atoms with Crippen molar-refractivity contribution in [1.82, 2.24) is 4.72 Å². The van der Waals surface area contributed by atoms with Gasteiger partial charge in [0.25, 0.3) is 5.91 Å². The molecule has 2 N–H and O–H groups in total. The van der Waals surface area contributed by atoms with Crippen molar-refractivity contribution in [2.24, 2.45) is 11.8 Å². The summed E-state index contributed by atoms with van der Waals surface area (Å²) in [7, 11) is -3.96. The van der Waals surface area contributed by atoms with Crippen LogP contribution in [0.15, 0.2) is 48.0 Å². The molecule has 2 aliphatic carbocycles. The van der Waals surface area contributed by atoms with E-state index in [9.17, 15) is 18.3 Å². The molecule has 5 atom stereocenters. The first kappa shape index (κ1) is 30.1. The molecule has 2 bridgehead atoms. The van der Waals surface area contributed by atoms with Gasteiger partial charge in [-0.3, -0.25) is 4.79 Å². The molecular weight excluding hydrogens is 584 g/mol. The summed E-state index contributed by atoms with van der Waals surface area (Å²) in [5.74, 6) is 6.80. The molecule has 6 rings (SSSR count). The summed E-state index contributed by atoms with van der Waals surface area (Å²) < 4.78 is 35.0. The number of nitrogens with one attached hydrogen (secondary N) is 1. The molecule has 2 aliphatic heterocycles. The third-order valence-corrected chi connectivity index (χ3v) is 11.8. The molecule has 1 spiro atoms. The molecule has 1 fully saturated rings. The summed E-state index contributed by atoms with van der Waals surface area (Å²) in [5, 5.41) is 10.8. The lowest BCUT2D eigenvalue weighted by molar-refractivity contribution is 0.0981. The topological polar surface area (TPSA) is 95.9 Å². The van der Waals surface area contributed by atoms with Gasteiger partial charge in [0, 0.05) is 34.7 Å². The Morgan fingerprint density at radius 3 is 2.74 bits per heavy atom. The van der Waals surface area contributed by atoms with Gasteiger partial charge in [-0.15, -0.1) is 5.92 Å². The predicted octanol–water partition coefficient (Wildman–Crippen LogP) is 5.39. The highest BCUT2D eigenvalue weighted by Gasteiger charge is 2.44. The number of hydrogen-bond donors (Lipinski definition) is 2. The first-order chi connectivity index (χ1) is 20.6. The second-order valence-corrected chi connectivity index (χ2v) is 15.2.